The summed E-state index contributed by atoms with van der Waals surface area (Å²) in [5.74, 6) is 0.291. The molecule has 0 aliphatic carbocycles. The highest BCUT2D eigenvalue weighted by Crippen LogP contribution is 2.29. The van der Waals surface area contributed by atoms with Gasteiger partial charge in [0, 0.05) is 23.5 Å². The van der Waals surface area contributed by atoms with Gasteiger partial charge in [-0.25, -0.2) is 4.79 Å². The summed E-state index contributed by atoms with van der Waals surface area (Å²) in [6.45, 7) is 4.05. The van der Waals surface area contributed by atoms with Crippen LogP contribution in [0.5, 0.6) is 5.75 Å². The smallest absolute Gasteiger partial charge is 0.319 e. The number of non-ortho nitro benzene ring substituents is 1. The second-order valence-corrected chi connectivity index (χ2v) is 6.33. The average Bonchev–Trinajstić information content (AvgIpc) is 2.69. The molecule has 1 heterocycles. The predicted octanol–water partition coefficient (Wildman–Crippen LogP) is 3.26. The third kappa shape index (κ3) is 4.52. The van der Waals surface area contributed by atoms with E-state index in [2.05, 4.69) is 16.0 Å². The second-order valence-electron chi connectivity index (χ2n) is 6.33. The number of carbonyl (C=O) groups is 2. The number of nitro groups is 1. The van der Waals surface area contributed by atoms with Gasteiger partial charge in [0.15, 0.2) is 0 Å². The Morgan fingerprint density at radius 1 is 1.17 bits per heavy atom. The van der Waals surface area contributed by atoms with Gasteiger partial charge >= 0.3 is 6.03 Å². The number of urea groups is 1. The number of nitro benzene ring substituents is 1. The zero-order chi connectivity index (χ0) is 21.0. The number of hydrogen-bond acceptors (Lipinski definition) is 5. The van der Waals surface area contributed by atoms with E-state index < -0.39 is 22.9 Å². The summed E-state index contributed by atoms with van der Waals surface area (Å²) in [7, 11) is 0. The lowest BCUT2D eigenvalue weighted by molar-refractivity contribution is -0.384. The molecule has 1 aliphatic heterocycles. The van der Waals surface area contributed by atoms with Crippen molar-refractivity contribution in [2.45, 2.75) is 19.9 Å². The van der Waals surface area contributed by atoms with E-state index in [1.807, 2.05) is 6.92 Å². The van der Waals surface area contributed by atoms with Crippen molar-refractivity contribution in [3.8, 4) is 5.75 Å². The summed E-state index contributed by atoms with van der Waals surface area (Å²) in [6, 6.07) is 11.4. The Hall–Kier alpha value is -3.88. The molecule has 9 heteroatoms. The molecule has 3 rings (SSSR count). The van der Waals surface area contributed by atoms with Crippen LogP contribution in [-0.4, -0.2) is 23.5 Å². The van der Waals surface area contributed by atoms with Gasteiger partial charge < -0.3 is 20.7 Å². The van der Waals surface area contributed by atoms with Gasteiger partial charge in [-0.15, -0.1) is 0 Å². The maximum atomic E-state index is 13.0. The van der Waals surface area contributed by atoms with Crippen molar-refractivity contribution >= 4 is 23.3 Å². The highest BCUT2D eigenvalue weighted by molar-refractivity contribution is 6.06. The first kappa shape index (κ1) is 19.9. The number of ether oxygens (including phenoxy) is 1. The molecule has 2 aromatic carbocycles. The molecule has 3 N–H and O–H groups in total. The van der Waals surface area contributed by atoms with Crippen molar-refractivity contribution in [3.63, 3.8) is 0 Å². The first-order valence-corrected chi connectivity index (χ1v) is 8.96. The Kier molecular flexibility index (Phi) is 5.77. The van der Waals surface area contributed by atoms with Crippen LogP contribution in [0.2, 0.25) is 0 Å². The molecule has 1 aliphatic rings. The molecule has 0 fully saturated rings. The Labute approximate surface area is 166 Å². The van der Waals surface area contributed by atoms with Crippen molar-refractivity contribution in [2.75, 3.05) is 11.9 Å². The van der Waals surface area contributed by atoms with E-state index in [-0.39, 0.29) is 5.69 Å². The van der Waals surface area contributed by atoms with Gasteiger partial charge in [0.25, 0.3) is 11.6 Å². The third-order valence-corrected chi connectivity index (χ3v) is 4.37. The number of rotatable bonds is 6. The van der Waals surface area contributed by atoms with E-state index in [0.717, 1.165) is 0 Å². The van der Waals surface area contributed by atoms with Crippen LogP contribution < -0.4 is 20.7 Å². The standard InChI is InChI=1S/C20H20N4O5/c1-3-29-16-10-6-14(7-11-16)22-19(25)17-12(2)21-20(26)23-18(17)13-4-8-15(9-5-13)24(27)28/h4-11,18H,3H2,1-2H3,(H,22,25)(H2,21,23,26)/t18-/m0/s1. The lowest BCUT2D eigenvalue weighted by atomic mass is 9.94. The number of allylic oxidation sites excluding steroid dienone is 1. The van der Waals surface area contributed by atoms with Gasteiger partial charge in [-0.2, -0.15) is 0 Å². The van der Waals surface area contributed by atoms with Crippen LogP contribution in [0.25, 0.3) is 0 Å². The molecule has 0 saturated heterocycles. The second kappa shape index (κ2) is 8.42. The van der Waals surface area contributed by atoms with Crippen molar-refractivity contribution < 1.29 is 19.2 Å². The van der Waals surface area contributed by atoms with Gasteiger partial charge in [0.2, 0.25) is 0 Å². The number of anilines is 1. The van der Waals surface area contributed by atoms with Gasteiger partial charge in [0.1, 0.15) is 5.75 Å². The van der Waals surface area contributed by atoms with Crippen molar-refractivity contribution in [2.24, 2.45) is 0 Å². The van der Waals surface area contributed by atoms with Crippen molar-refractivity contribution in [1.82, 2.24) is 10.6 Å². The SMILES string of the molecule is CCOc1ccc(NC(=O)C2=C(C)NC(=O)N[C@H]2c2ccc([N+](=O)[O-])cc2)cc1. The van der Waals surface area contributed by atoms with Gasteiger partial charge in [-0.3, -0.25) is 14.9 Å². The first-order valence-electron chi connectivity index (χ1n) is 8.96. The number of benzene rings is 2. The Morgan fingerprint density at radius 2 is 1.83 bits per heavy atom. The van der Waals surface area contributed by atoms with Crippen LogP contribution in [-0.2, 0) is 4.79 Å². The number of nitrogens with one attached hydrogen (secondary N) is 3. The maximum Gasteiger partial charge on any atom is 0.319 e. The lowest BCUT2D eigenvalue weighted by Crippen LogP contribution is -2.45. The van der Waals surface area contributed by atoms with Gasteiger partial charge in [0.05, 0.1) is 23.1 Å². The van der Waals surface area contributed by atoms with Crippen LogP contribution in [0.15, 0.2) is 59.8 Å². The highest BCUT2D eigenvalue weighted by atomic mass is 16.6. The van der Waals surface area contributed by atoms with Gasteiger partial charge in [-0.05, 0) is 55.8 Å². The molecule has 0 bridgehead atoms. The maximum absolute atomic E-state index is 13.0. The molecule has 0 radical (unpaired) electrons. The summed E-state index contributed by atoms with van der Waals surface area (Å²) >= 11 is 0. The minimum absolute atomic E-state index is 0.0740. The fourth-order valence-electron chi connectivity index (χ4n) is 3.03. The molecule has 0 saturated carbocycles. The lowest BCUT2D eigenvalue weighted by Gasteiger charge is -2.28. The summed E-state index contributed by atoms with van der Waals surface area (Å²) in [4.78, 5) is 35.3. The Balaban J connectivity index is 1.86. The first-order chi connectivity index (χ1) is 13.9. The predicted molar refractivity (Wildman–Crippen MR) is 106 cm³/mol. The summed E-state index contributed by atoms with van der Waals surface area (Å²) in [5, 5.41) is 19.0. The topological polar surface area (TPSA) is 123 Å². The van der Waals surface area contributed by atoms with E-state index >= 15 is 0 Å². The molecule has 0 aromatic heterocycles. The normalized spacial score (nSPS) is 15.9. The molecule has 9 nitrogen and oxygen atoms in total. The molecule has 29 heavy (non-hydrogen) atoms. The molecule has 0 spiro atoms. The van der Waals surface area contributed by atoms with Crippen LogP contribution in [0.1, 0.15) is 25.5 Å². The average molecular weight is 396 g/mol. The van der Waals surface area contributed by atoms with Crippen LogP contribution in [0.3, 0.4) is 0 Å². The van der Waals surface area contributed by atoms with Gasteiger partial charge in [-0.1, -0.05) is 0 Å². The number of carbonyl (C=O) groups excluding carboxylic acids is 2. The fraction of sp³-hybridized carbons (Fsp3) is 0.200. The van der Waals surface area contributed by atoms with E-state index in [0.29, 0.717) is 34.9 Å². The van der Waals surface area contributed by atoms with Crippen LogP contribution in [0.4, 0.5) is 16.2 Å². The summed E-state index contributed by atoms with van der Waals surface area (Å²) in [6.07, 6.45) is 0. The minimum Gasteiger partial charge on any atom is -0.494 e. The van der Waals surface area contributed by atoms with E-state index in [9.17, 15) is 19.7 Å². The van der Waals surface area contributed by atoms with Crippen molar-refractivity contribution in [1.29, 1.82) is 0 Å². The molecule has 150 valence electrons. The zero-order valence-corrected chi connectivity index (χ0v) is 15.9. The number of nitrogens with zero attached hydrogens (tertiary/aromatic N) is 1. The molecule has 3 amide bonds. The quantitative estimate of drug-likeness (QED) is 0.511. The van der Waals surface area contributed by atoms with Crippen molar-refractivity contribution in [3.05, 3.63) is 75.5 Å². The molecule has 0 unspecified atom stereocenters. The van der Waals surface area contributed by atoms with E-state index in [4.69, 9.17) is 4.74 Å². The van der Waals surface area contributed by atoms with Crippen LogP contribution in [0, 0.1) is 10.1 Å². The Bertz CT molecular complexity index is 967. The zero-order valence-electron chi connectivity index (χ0n) is 15.9. The number of amides is 3. The van der Waals surface area contributed by atoms with Crippen LogP contribution >= 0.6 is 0 Å². The Morgan fingerprint density at radius 3 is 2.41 bits per heavy atom. The molecule has 2 aromatic rings. The van der Waals surface area contributed by atoms with E-state index in [1.54, 1.807) is 31.2 Å². The minimum atomic E-state index is -0.743. The highest BCUT2D eigenvalue weighted by Gasteiger charge is 2.31. The summed E-state index contributed by atoms with van der Waals surface area (Å²) in [5.41, 5.74) is 1.77. The third-order valence-electron chi connectivity index (χ3n) is 4.37. The molecular formula is C20H20N4O5. The largest absolute Gasteiger partial charge is 0.494 e. The van der Waals surface area contributed by atoms with E-state index in [1.165, 1.54) is 24.3 Å². The molecule has 1 atom stereocenters. The monoisotopic (exact) mass is 396 g/mol. The molecular weight excluding hydrogens is 376 g/mol. The summed E-state index contributed by atoms with van der Waals surface area (Å²) < 4.78 is 5.38. The fourth-order valence-corrected chi connectivity index (χ4v) is 3.03. The number of hydrogen-bond donors (Lipinski definition) is 3.